The van der Waals surface area contributed by atoms with Crippen LogP contribution >= 0.6 is 11.3 Å². The van der Waals surface area contributed by atoms with Crippen molar-refractivity contribution < 1.29 is 14.3 Å². The molecule has 2 aromatic rings. The first kappa shape index (κ1) is 21.3. The molecule has 1 aromatic carbocycles. The minimum absolute atomic E-state index is 0.0248. The number of nitriles is 1. The molecule has 0 aliphatic heterocycles. The van der Waals surface area contributed by atoms with E-state index in [1.165, 1.54) is 0 Å². The van der Waals surface area contributed by atoms with Crippen molar-refractivity contribution in [3.63, 3.8) is 0 Å². The van der Waals surface area contributed by atoms with Gasteiger partial charge in [-0.15, -0.1) is 11.3 Å². The summed E-state index contributed by atoms with van der Waals surface area (Å²) in [5.74, 6) is -1.13. The van der Waals surface area contributed by atoms with Crippen LogP contribution in [0.5, 0.6) is 0 Å². The molecule has 7 heteroatoms. The molecule has 3 atom stereocenters. The average Bonchev–Trinajstić information content (AvgIpc) is 3.16. The summed E-state index contributed by atoms with van der Waals surface area (Å²) in [6, 6.07) is 10.1. The molecule has 1 fully saturated rings. The number of para-hydroxylation sites is 1. The van der Waals surface area contributed by atoms with Crippen molar-refractivity contribution >= 4 is 33.4 Å². The molecule has 1 heterocycles. The van der Waals surface area contributed by atoms with Gasteiger partial charge >= 0.3 is 5.97 Å². The smallest absolute Gasteiger partial charge is 0.310 e. The van der Waals surface area contributed by atoms with E-state index in [1.54, 1.807) is 18.3 Å². The molecule has 1 aromatic heterocycles. The van der Waals surface area contributed by atoms with Crippen molar-refractivity contribution in [2.45, 2.75) is 57.9 Å². The number of carbonyl (C=O) groups is 2. The number of nitrogens with one attached hydrogen (secondary N) is 1. The van der Waals surface area contributed by atoms with Gasteiger partial charge in [-0.3, -0.25) is 9.59 Å². The fourth-order valence-electron chi connectivity index (χ4n) is 3.63. The highest BCUT2D eigenvalue weighted by atomic mass is 32.1. The first-order valence-corrected chi connectivity index (χ1v) is 10.9. The van der Waals surface area contributed by atoms with Crippen LogP contribution in [0, 0.1) is 23.2 Å². The zero-order valence-electron chi connectivity index (χ0n) is 17.1. The molecule has 1 aliphatic rings. The lowest BCUT2D eigenvalue weighted by molar-refractivity contribution is -0.154. The van der Waals surface area contributed by atoms with Crippen molar-refractivity contribution in [1.29, 1.82) is 5.26 Å². The summed E-state index contributed by atoms with van der Waals surface area (Å²) >= 11 is 1.63. The molecule has 0 bridgehead atoms. The van der Waals surface area contributed by atoms with Crippen LogP contribution in [-0.4, -0.2) is 29.0 Å². The van der Waals surface area contributed by atoms with Crippen LogP contribution in [0.2, 0.25) is 0 Å². The standard InChI is InChI=1S/C22H27N3O3S/c1-14(2)22(3,13-23)25-19(26)12-28-21(27)16-9-5-4-8-15(16)20-24-17-10-6-7-11-18(17)29-20/h6-7,10-11,14-16H,4-5,8-9,12H2,1-3H3,(H,25,26)/t15-,16+,22-/m0/s1. The number of nitrogens with zero attached hydrogens (tertiary/aromatic N) is 2. The third-order valence-corrected chi connectivity index (χ3v) is 7.00. The molecule has 1 N–H and O–H groups in total. The van der Waals surface area contributed by atoms with E-state index in [0.29, 0.717) is 0 Å². The maximum Gasteiger partial charge on any atom is 0.310 e. The van der Waals surface area contributed by atoms with Gasteiger partial charge in [0.05, 0.1) is 27.2 Å². The highest BCUT2D eigenvalue weighted by Gasteiger charge is 2.36. The van der Waals surface area contributed by atoms with E-state index < -0.39 is 11.4 Å². The van der Waals surface area contributed by atoms with Gasteiger partial charge in [-0.05, 0) is 37.8 Å². The number of hydrogen-bond acceptors (Lipinski definition) is 6. The van der Waals surface area contributed by atoms with Crippen molar-refractivity contribution in [2.75, 3.05) is 6.61 Å². The van der Waals surface area contributed by atoms with Crippen LogP contribution in [-0.2, 0) is 14.3 Å². The van der Waals surface area contributed by atoms with Gasteiger partial charge in [0, 0.05) is 5.92 Å². The molecule has 0 spiro atoms. The Bertz CT molecular complexity index is 900. The maximum absolute atomic E-state index is 12.8. The summed E-state index contributed by atoms with van der Waals surface area (Å²) in [4.78, 5) is 29.7. The number of thiazole rings is 1. The molecule has 154 valence electrons. The Hall–Kier alpha value is -2.46. The Morgan fingerprint density at radius 1 is 1.34 bits per heavy atom. The van der Waals surface area contributed by atoms with Crippen LogP contribution in [0.4, 0.5) is 0 Å². The van der Waals surface area contributed by atoms with Gasteiger partial charge in [0.25, 0.3) is 5.91 Å². The third-order valence-electron chi connectivity index (χ3n) is 5.83. The van der Waals surface area contributed by atoms with Crippen molar-refractivity contribution in [3.05, 3.63) is 29.3 Å². The first-order chi connectivity index (χ1) is 13.8. The largest absolute Gasteiger partial charge is 0.455 e. The fraction of sp³-hybridized carbons (Fsp3) is 0.545. The van der Waals surface area contributed by atoms with Crippen molar-refractivity contribution in [3.8, 4) is 6.07 Å². The lowest BCUT2D eigenvalue weighted by Gasteiger charge is -2.29. The molecule has 1 saturated carbocycles. The summed E-state index contributed by atoms with van der Waals surface area (Å²) in [5, 5.41) is 13.0. The van der Waals surface area contributed by atoms with E-state index in [9.17, 15) is 14.9 Å². The molecule has 6 nitrogen and oxygen atoms in total. The topological polar surface area (TPSA) is 92.1 Å². The predicted molar refractivity (Wildman–Crippen MR) is 112 cm³/mol. The number of fused-ring (bicyclic) bond motifs is 1. The number of amides is 1. The Balaban J connectivity index is 1.65. The van der Waals surface area contributed by atoms with Gasteiger partial charge in [0.1, 0.15) is 5.54 Å². The normalized spacial score (nSPS) is 21.3. The Kier molecular flexibility index (Phi) is 6.53. The second kappa shape index (κ2) is 8.91. The van der Waals surface area contributed by atoms with Gasteiger partial charge in [-0.1, -0.05) is 38.8 Å². The highest BCUT2D eigenvalue weighted by molar-refractivity contribution is 7.18. The zero-order valence-corrected chi connectivity index (χ0v) is 17.9. The lowest BCUT2D eigenvalue weighted by atomic mass is 9.79. The third kappa shape index (κ3) is 4.76. The van der Waals surface area contributed by atoms with E-state index in [2.05, 4.69) is 11.4 Å². The number of esters is 1. The summed E-state index contributed by atoms with van der Waals surface area (Å²) in [5.41, 5.74) is -0.0354. The van der Waals surface area contributed by atoms with Crippen molar-refractivity contribution in [1.82, 2.24) is 10.3 Å². The van der Waals surface area contributed by atoms with Gasteiger partial charge in [0.2, 0.25) is 0 Å². The molecule has 0 unspecified atom stereocenters. The number of ether oxygens (including phenoxy) is 1. The number of carbonyl (C=O) groups excluding carboxylic acids is 2. The van der Waals surface area contributed by atoms with Crippen LogP contribution in [0.25, 0.3) is 10.2 Å². The SMILES string of the molecule is CC(C)[C@](C)(C#N)NC(=O)COC(=O)[C@@H]1CCCC[C@@H]1c1nc2ccccc2s1. The molecule has 0 radical (unpaired) electrons. The maximum atomic E-state index is 12.8. The molecule has 1 amide bonds. The summed E-state index contributed by atoms with van der Waals surface area (Å²) in [6.45, 7) is 5.02. The number of benzene rings is 1. The van der Waals surface area contributed by atoms with E-state index in [1.807, 2.05) is 38.1 Å². The quantitative estimate of drug-likeness (QED) is 0.718. The van der Waals surface area contributed by atoms with E-state index in [0.717, 1.165) is 40.9 Å². The van der Waals surface area contributed by atoms with Crippen LogP contribution < -0.4 is 5.32 Å². The summed E-state index contributed by atoms with van der Waals surface area (Å²) < 4.78 is 6.47. The number of rotatable bonds is 6. The van der Waals surface area contributed by atoms with Gasteiger partial charge in [-0.25, -0.2) is 4.98 Å². The van der Waals surface area contributed by atoms with Crippen LogP contribution in [0.1, 0.15) is 57.4 Å². The van der Waals surface area contributed by atoms with E-state index in [4.69, 9.17) is 9.72 Å². The molecule has 29 heavy (non-hydrogen) atoms. The second-order valence-corrected chi connectivity index (χ2v) is 9.20. The summed E-state index contributed by atoms with van der Waals surface area (Å²) in [7, 11) is 0. The van der Waals surface area contributed by atoms with E-state index >= 15 is 0 Å². The van der Waals surface area contributed by atoms with Crippen molar-refractivity contribution in [2.24, 2.45) is 11.8 Å². The average molecular weight is 414 g/mol. The lowest BCUT2D eigenvalue weighted by Crippen LogP contribution is -2.50. The van der Waals surface area contributed by atoms with Gasteiger partial charge < -0.3 is 10.1 Å². The highest BCUT2D eigenvalue weighted by Crippen LogP contribution is 2.41. The zero-order chi connectivity index (χ0) is 21.0. The molecular weight excluding hydrogens is 386 g/mol. The predicted octanol–water partition coefficient (Wildman–Crippen LogP) is 4.17. The second-order valence-electron chi connectivity index (χ2n) is 8.14. The Morgan fingerprint density at radius 2 is 2.07 bits per heavy atom. The van der Waals surface area contributed by atoms with E-state index in [-0.39, 0.29) is 30.3 Å². The van der Waals surface area contributed by atoms with Gasteiger partial charge in [-0.2, -0.15) is 5.26 Å². The number of hydrogen-bond donors (Lipinski definition) is 1. The minimum atomic E-state index is -0.988. The minimum Gasteiger partial charge on any atom is -0.455 e. The molecule has 0 saturated heterocycles. The van der Waals surface area contributed by atoms with Crippen LogP contribution in [0.3, 0.4) is 0 Å². The Labute approximate surface area is 175 Å². The monoisotopic (exact) mass is 413 g/mol. The molecule has 1 aliphatic carbocycles. The molecule has 3 rings (SSSR count). The molecular formula is C22H27N3O3S. The first-order valence-electron chi connectivity index (χ1n) is 10.1. The van der Waals surface area contributed by atoms with Gasteiger partial charge in [0.15, 0.2) is 6.61 Å². The van der Waals surface area contributed by atoms with Crippen LogP contribution in [0.15, 0.2) is 24.3 Å². The summed E-state index contributed by atoms with van der Waals surface area (Å²) in [6.07, 6.45) is 3.65. The number of aromatic nitrogens is 1. The Morgan fingerprint density at radius 3 is 2.76 bits per heavy atom. The fourth-order valence-corrected chi connectivity index (χ4v) is 4.80.